The van der Waals surface area contributed by atoms with Gasteiger partial charge in [-0.25, -0.2) is 8.78 Å². The van der Waals surface area contributed by atoms with Crippen LogP contribution >= 0.6 is 0 Å². The van der Waals surface area contributed by atoms with E-state index in [-0.39, 0.29) is 176 Å². The Morgan fingerprint density at radius 2 is 0.893 bits per heavy atom. The number of nitrogens with one attached hydrogen (secondary N) is 2. The Bertz CT molecular complexity index is 366. The molecule has 0 aromatic rings. The summed E-state index contributed by atoms with van der Waals surface area (Å²) in [6.07, 6.45) is -9.72. The fourth-order valence-electron chi connectivity index (χ4n) is 2.86. The van der Waals surface area contributed by atoms with Gasteiger partial charge in [0.2, 0.25) is 0 Å². The molecule has 0 aromatic carbocycles. The third-order valence-corrected chi connectivity index (χ3v) is 4.32. The molecule has 2 heterocycles. The summed E-state index contributed by atoms with van der Waals surface area (Å²) in [5.41, 5.74) is 0. The second-order valence-electron chi connectivity index (χ2n) is 5.96. The Morgan fingerprint density at radius 3 is 1.11 bits per heavy atom. The van der Waals surface area contributed by atoms with Crippen LogP contribution in [-0.4, -0.2) is 95.9 Å². The fraction of sp³-hybridized carbons (Fsp3) is 1.00. The minimum atomic E-state index is -1.74. The molecule has 2 fully saturated rings. The van der Waals surface area contributed by atoms with Gasteiger partial charge < -0.3 is 40.5 Å². The number of likely N-dealkylation sites (N-methyl/N-ethyl adjacent to an activating group) is 2. The number of rotatable bonds is 2. The van der Waals surface area contributed by atoms with Crippen LogP contribution in [0.3, 0.4) is 0 Å². The molecule has 28 heavy (non-hydrogen) atoms. The van der Waals surface area contributed by atoms with Crippen LogP contribution in [0.15, 0.2) is 0 Å². The predicted molar refractivity (Wildman–Crippen MR) is 80.6 cm³/mol. The largest absolute Gasteiger partial charge is 0.388 e. The number of halogens is 2. The number of aliphatic hydroxyl groups is 4. The Labute approximate surface area is 308 Å². The molecule has 10 unspecified atom stereocenters. The summed E-state index contributed by atoms with van der Waals surface area (Å²) in [5, 5.41) is 42.0. The van der Waals surface area contributed by atoms with Crippen molar-refractivity contribution in [2.24, 2.45) is 0 Å². The van der Waals surface area contributed by atoms with E-state index in [2.05, 4.69) is 10.6 Å². The minimum Gasteiger partial charge on any atom is -0.388 e. The number of hydrogen-bond donors (Lipinski definition) is 6. The van der Waals surface area contributed by atoms with E-state index in [1.807, 2.05) is 0 Å². The van der Waals surface area contributed by atoms with Gasteiger partial charge in [-0.3, -0.25) is 0 Å². The molecule has 6 N–H and O–H groups in total. The zero-order valence-corrected chi connectivity index (χ0v) is 35.4. The third kappa shape index (κ3) is 11.8. The van der Waals surface area contributed by atoms with Crippen LogP contribution in [0.1, 0.15) is 13.8 Å². The van der Waals surface area contributed by atoms with Crippen LogP contribution in [0, 0.1) is 176 Å². The number of hydrogen-bond acceptors (Lipinski definition) is 8. The average Bonchev–Trinajstić information content (AvgIpc) is 2.52. The van der Waals surface area contributed by atoms with Crippen molar-refractivity contribution in [1.29, 1.82) is 0 Å². The molecular formula is C14H28Ac4F2N2O6. The van der Waals surface area contributed by atoms with Crippen LogP contribution in [0.2, 0.25) is 0 Å². The molecule has 0 saturated carbocycles. The Kier molecular flexibility index (Phi) is 29.6. The monoisotopic (exact) mass is 1270 g/mol. The standard InChI is InChI=1S/2C7H14FNO3.4Ac/c2*1-3-5(9-2)6(10)4(8)7(11)12-3;;;;/h2*3-7,9-11H,1-2H3;;;;. The van der Waals surface area contributed by atoms with Crippen molar-refractivity contribution < 1.29 is 215 Å². The quantitative estimate of drug-likeness (QED) is 0.189. The van der Waals surface area contributed by atoms with Gasteiger partial charge in [0.15, 0.2) is 24.9 Å². The molecule has 0 amide bonds. The van der Waals surface area contributed by atoms with E-state index >= 15 is 0 Å². The summed E-state index contributed by atoms with van der Waals surface area (Å²) in [7, 11) is 3.22. The van der Waals surface area contributed by atoms with Crippen molar-refractivity contribution >= 4 is 0 Å². The summed E-state index contributed by atoms with van der Waals surface area (Å²) < 4.78 is 35.5. The molecule has 0 spiro atoms. The summed E-state index contributed by atoms with van der Waals surface area (Å²) in [4.78, 5) is 0. The number of alkyl halides is 2. The molecule has 8 nitrogen and oxygen atoms in total. The van der Waals surface area contributed by atoms with Gasteiger partial charge >= 0.3 is 0 Å². The summed E-state index contributed by atoms with van der Waals surface area (Å²) >= 11 is 0. The Hall–Kier alpha value is 5.31. The fourth-order valence-corrected chi connectivity index (χ4v) is 2.86. The van der Waals surface area contributed by atoms with E-state index in [0.717, 1.165) is 0 Å². The van der Waals surface area contributed by atoms with Crippen molar-refractivity contribution in [1.82, 2.24) is 10.6 Å². The molecule has 10 atom stereocenters. The summed E-state index contributed by atoms with van der Waals surface area (Å²) in [5.74, 6) is 0. The zero-order chi connectivity index (χ0) is 18.6. The maximum Gasteiger partial charge on any atom is 0.189 e. The first kappa shape index (κ1) is 40.5. The molecule has 0 aromatic heterocycles. The summed E-state index contributed by atoms with van der Waals surface area (Å²) in [6.45, 7) is 3.33. The van der Waals surface area contributed by atoms with E-state index < -0.39 is 61.4 Å². The maximum atomic E-state index is 12.9. The van der Waals surface area contributed by atoms with Gasteiger partial charge in [-0.15, -0.1) is 0 Å². The van der Waals surface area contributed by atoms with Gasteiger partial charge in [-0.1, -0.05) is 0 Å². The van der Waals surface area contributed by atoms with Crippen molar-refractivity contribution in [2.45, 2.75) is 75.3 Å². The van der Waals surface area contributed by atoms with E-state index in [9.17, 15) is 19.0 Å². The van der Waals surface area contributed by atoms with Crippen molar-refractivity contribution in [3.05, 3.63) is 0 Å². The van der Waals surface area contributed by atoms with Gasteiger partial charge in [-0.05, 0) is 27.9 Å². The van der Waals surface area contributed by atoms with Crippen LogP contribution in [-0.2, 0) is 9.47 Å². The SMILES string of the molecule is CNC1C(C)OC(O)C(F)C1O.CNC1C(C)OC(O)C(F)C1O.[Ac].[Ac].[Ac].[Ac]. The van der Waals surface area contributed by atoms with Crippen molar-refractivity contribution in [2.75, 3.05) is 14.1 Å². The van der Waals surface area contributed by atoms with Gasteiger partial charge in [0, 0.05) is 176 Å². The molecule has 14 heteroatoms. The first-order valence-electron chi connectivity index (χ1n) is 7.81. The third-order valence-electron chi connectivity index (χ3n) is 4.32. The molecular weight excluding hydrogens is 1240 g/mol. The van der Waals surface area contributed by atoms with Crippen LogP contribution in [0.4, 0.5) is 8.78 Å². The molecule has 2 saturated heterocycles. The topological polar surface area (TPSA) is 123 Å². The normalized spacial score (nSPS) is 42.2. The molecule has 2 aliphatic rings. The maximum absolute atomic E-state index is 12.9. The molecule has 2 aliphatic heterocycles. The van der Waals surface area contributed by atoms with Crippen molar-refractivity contribution in [3.8, 4) is 0 Å². The van der Waals surface area contributed by atoms with E-state index in [4.69, 9.17) is 19.7 Å². The smallest absolute Gasteiger partial charge is 0.189 e. The number of aliphatic hydroxyl groups excluding tert-OH is 4. The average molecular weight is 1270 g/mol. The van der Waals surface area contributed by atoms with E-state index in [0.29, 0.717) is 0 Å². The van der Waals surface area contributed by atoms with Gasteiger partial charge in [0.1, 0.15) is 12.2 Å². The number of ether oxygens (including phenoxy) is 2. The molecule has 4 radical (unpaired) electrons. The van der Waals surface area contributed by atoms with Gasteiger partial charge in [-0.2, -0.15) is 0 Å². The van der Waals surface area contributed by atoms with E-state index in [1.54, 1.807) is 27.9 Å². The van der Waals surface area contributed by atoms with Crippen molar-refractivity contribution in [3.63, 3.8) is 0 Å². The second kappa shape index (κ2) is 20.5. The minimum absolute atomic E-state index is 0. The molecule has 2 rings (SSSR count). The first-order chi connectivity index (χ1) is 11.1. The Morgan fingerprint density at radius 1 is 0.643 bits per heavy atom. The molecule has 0 bridgehead atoms. The molecule has 156 valence electrons. The van der Waals surface area contributed by atoms with Crippen LogP contribution in [0.5, 0.6) is 0 Å². The first-order valence-corrected chi connectivity index (χ1v) is 7.81. The van der Waals surface area contributed by atoms with Gasteiger partial charge in [0.05, 0.1) is 24.3 Å². The van der Waals surface area contributed by atoms with E-state index in [1.165, 1.54) is 0 Å². The molecule has 0 aliphatic carbocycles. The summed E-state index contributed by atoms with van der Waals surface area (Å²) in [6, 6.07) is -0.938. The van der Waals surface area contributed by atoms with Crippen LogP contribution < -0.4 is 10.6 Å². The Balaban J connectivity index is -0.000000180. The predicted octanol–water partition coefficient (Wildman–Crippen LogP) is -1.98. The van der Waals surface area contributed by atoms with Gasteiger partial charge in [0.25, 0.3) is 0 Å². The second-order valence-corrected chi connectivity index (χ2v) is 5.96. The zero-order valence-electron chi connectivity index (χ0n) is 16.4. The van der Waals surface area contributed by atoms with Crippen LogP contribution in [0.25, 0.3) is 0 Å².